The zero-order valence-corrected chi connectivity index (χ0v) is 15.4. The monoisotopic (exact) mass is 391 g/mol. The summed E-state index contributed by atoms with van der Waals surface area (Å²) in [7, 11) is -3.80. The molecule has 0 radical (unpaired) electrons. The second-order valence-corrected chi connectivity index (χ2v) is 8.15. The summed E-state index contributed by atoms with van der Waals surface area (Å²) in [6.45, 7) is 2.66. The predicted molar refractivity (Wildman–Crippen MR) is 101 cm³/mol. The molecule has 1 aliphatic heterocycles. The number of hydrogen-bond donors (Lipinski definition) is 2. The molecule has 9 nitrogen and oxygen atoms in total. The van der Waals surface area contributed by atoms with E-state index in [2.05, 4.69) is 10.3 Å². The predicted octanol–water partition coefficient (Wildman–Crippen LogP) is 1.39. The molecule has 0 bridgehead atoms. The summed E-state index contributed by atoms with van der Waals surface area (Å²) in [6, 6.07) is 13.5. The second kappa shape index (κ2) is 8.01. The van der Waals surface area contributed by atoms with E-state index in [4.69, 9.17) is 5.84 Å². The maximum atomic E-state index is 13.0. The minimum absolute atomic E-state index is 0.0101. The topological polar surface area (TPSA) is 122 Å². The smallest absolute Gasteiger partial charge is 0.271 e. The number of nitrogen functional groups attached to an aromatic ring is 1. The molecular formula is C17H21N5O4S. The fourth-order valence-electron chi connectivity index (χ4n) is 3.08. The largest absolute Gasteiger partial charge is 0.323 e. The van der Waals surface area contributed by atoms with Crippen LogP contribution >= 0.6 is 0 Å². The van der Waals surface area contributed by atoms with Gasteiger partial charge in [-0.05, 0) is 11.6 Å². The standard InChI is InChI=1S/C17H21N5O4S/c18-19-16-12-15(22(23)24)6-7-17(16)27(25,26)21-10-8-20(9-11-21)13-14-4-2-1-3-5-14/h1-7,12,19H,8-11,13,18H2. The zero-order chi connectivity index (χ0) is 19.4. The van der Waals surface area contributed by atoms with Gasteiger partial charge >= 0.3 is 0 Å². The van der Waals surface area contributed by atoms with Crippen LogP contribution in [0.15, 0.2) is 53.4 Å². The van der Waals surface area contributed by atoms with Gasteiger partial charge in [0.05, 0.1) is 10.6 Å². The third kappa shape index (κ3) is 4.25. The van der Waals surface area contributed by atoms with Gasteiger partial charge in [-0.2, -0.15) is 4.31 Å². The number of hydrazine groups is 1. The molecule has 0 saturated carbocycles. The van der Waals surface area contributed by atoms with Crippen LogP contribution in [-0.4, -0.2) is 48.7 Å². The first kappa shape index (κ1) is 19.2. The summed E-state index contributed by atoms with van der Waals surface area (Å²) < 4.78 is 27.3. The van der Waals surface area contributed by atoms with Gasteiger partial charge < -0.3 is 5.43 Å². The highest BCUT2D eigenvalue weighted by atomic mass is 32.2. The number of nitro groups is 1. The highest BCUT2D eigenvalue weighted by Gasteiger charge is 2.31. The van der Waals surface area contributed by atoms with E-state index in [1.54, 1.807) is 0 Å². The summed E-state index contributed by atoms with van der Waals surface area (Å²) >= 11 is 0. The van der Waals surface area contributed by atoms with Crippen LogP contribution in [0.25, 0.3) is 0 Å². The number of nitrogens with zero attached hydrogens (tertiary/aromatic N) is 3. The Bertz CT molecular complexity index is 912. The molecule has 144 valence electrons. The molecule has 10 heteroatoms. The third-order valence-corrected chi connectivity index (χ3v) is 6.48. The number of rotatable bonds is 6. The normalized spacial score (nSPS) is 16.2. The Kier molecular flexibility index (Phi) is 5.71. The average Bonchev–Trinajstić information content (AvgIpc) is 2.68. The Morgan fingerprint density at radius 3 is 2.33 bits per heavy atom. The van der Waals surface area contributed by atoms with Gasteiger partial charge in [-0.15, -0.1) is 0 Å². The van der Waals surface area contributed by atoms with Crippen LogP contribution in [0.4, 0.5) is 11.4 Å². The minimum atomic E-state index is -3.80. The average molecular weight is 391 g/mol. The first-order chi connectivity index (χ1) is 12.9. The van der Waals surface area contributed by atoms with Gasteiger partial charge in [0.25, 0.3) is 5.69 Å². The van der Waals surface area contributed by atoms with Gasteiger partial charge in [-0.1, -0.05) is 30.3 Å². The molecule has 1 aliphatic rings. The molecule has 0 atom stereocenters. The van der Waals surface area contributed by atoms with Crippen LogP contribution in [0.2, 0.25) is 0 Å². The van der Waals surface area contributed by atoms with Gasteiger partial charge in [0.2, 0.25) is 10.0 Å². The first-order valence-electron chi connectivity index (χ1n) is 8.43. The maximum Gasteiger partial charge on any atom is 0.271 e. The van der Waals surface area contributed by atoms with Crippen molar-refractivity contribution in [3.8, 4) is 0 Å². The highest BCUT2D eigenvalue weighted by molar-refractivity contribution is 7.89. The number of nitrogens with one attached hydrogen (secondary N) is 1. The first-order valence-corrected chi connectivity index (χ1v) is 9.87. The number of hydrogen-bond acceptors (Lipinski definition) is 7. The molecule has 1 heterocycles. The molecule has 2 aromatic rings. The van der Waals surface area contributed by atoms with Crippen molar-refractivity contribution in [3.63, 3.8) is 0 Å². The molecule has 2 aromatic carbocycles. The number of non-ortho nitro benzene ring substituents is 1. The van der Waals surface area contributed by atoms with E-state index >= 15 is 0 Å². The molecular weight excluding hydrogens is 370 g/mol. The molecule has 0 spiro atoms. The minimum Gasteiger partial charge on any atom is -0.323 e. The summed E-state index contributed by atoms with van der Waals surface area (Å²) in [5.41, 5.74) is 3.22. The van der Waals surface area contributed by atoms with Crippen molar-refractivity contribution in [2.45, 2.75) is 11.4 Å². The molecule has 0 unspecified atom stereocenters. The van der Waals surface area contributed by atoms with Crippen LogP contribution in [0.3, 0.4) is 0 Å². The Balaban J connectivity index is 1.72. The molecule has 0 aliphatic carbocycles. The molecule has 0 amide bonds. The van der Waals surface area contributed by atoms with Crippen molar-refractivity contribution in [1.29, 1.82) is 0 Å². The van der Waals surface area contributed by atoms with E-state index in [9.17, 15) is 18.5 Å². The molecule has 1 saturated heterocycles. The fraction of sp³-hybridized carbons (Fsp3) is 0.294. The van der Waals surface area contributed by atoms with E-state index in [1.807, 2.05) is 30.3 Å². The number of piperazine rings is 1. The number of anilines is 1. The van der Waals surface area contributed by atoms with Crippen LogP contribution in [0.5, 0.6) is 0 Å². The van der Waals surface area contributed by atoms with Crippen molar-refractivity contribution < 1.29 is 13.3 Å². The summed E-state index contributed by atoms with van der Waals surface area (Å²) in [5.74, 6) is 5.39. The SMILES string of the molecule is NNc1cc([N+](=O)[O-])ccc1S(=O)(=O)N1CCN(Cc2ccccc2)CC1. The van der Waals surface area contributed by atoms with E-state index in [0.717, 1.165) is 12.6 Å². The maximum absolute atomic E-state index is 13.0. The molecule has 1 fully saturated rings. The van der Waals surface area contributed by atoms with Crippen molar-refractivity contribution in [2.24, 2.45) is 5.84 Å². The van der Waals surface area contributed by atoms with Crippen LogP contribution in [0, 0.1) is 10.1 Å². The lowest BCUT2D eigenvalue weighted by molar-refractivity contribution is -0.384. The van der Waals surface area contributed by atoms with Crippen LogP contribution in [-0.2, 0) is 16.6 Å². The Labute approximate surface area is 157 Å². The molecule has 3 N–H and O–H groups in total. The van der Waals surface area contributed by atoms with Crippen LogP contribution < -0.4 is 11.3 Å². The Morgan fingerprint density at radius 1 is 1.07 bits per heavy atom. The van der Waals surface area contributed by atoms with E-state index in [-0.39, 0.29) is 16.3 Å². The number of sulfonamides is 1. The highest BCUT2D eigenvalue weighted by Crippen LogP contribution is 2.28. The van der Waals surface area contributed by atoms with E-state index in [0.29, 0.717) is 26.2 Å². The third-order valence-electron chi connectivity index (χ3n) is 4.53. The van der Waals surface area contributed by atoms with Crippen molar-refractivity contribution >= 4 is 21.4 Å². The molecule has 0 aromatic heterocycles. The lowest BCUT2D eigenvalue weighted by Gasteiger charge is -2.34. The van der Waals surface area contributed by atoms with Gasteiger partial charge in [0.15, 0.2) is 0 Å². The molecule has 27 heavy (non-hydrogen) atoms. The molecule has 3 rings (SSSR count). The summed E-state index contributed by atoms with van der Waals surface area (Å²) in [5, 5.41) is 10.9. The van der Waals surface area contributed by atoms with Gasteiger partial charge in [0, 0.05) is 44.9 Å². The Morgan fingerprint density at radius 2 is 1.74 bits per heavy atom. The fourth-order valence-corrected chi connectivity index (χ4v) is 4.64. The Hall–Kier alpha value is -2.53. The van der Waals surface area contributed by atoms with Crippen LogP contribution in [0.1, 0.15) is 5.56 Å². The lowest BCUT2D eigenvalue weighted by Crippen LogP contribution is -2.48. The second-order valence-electron chi connectivity index (χ2n) is 6.25. The van der Waals surface area contributed by atoms with E-state index in [1.165, 1.54) is 22.0 Å². The lowest BCUT2D eigenvalue weighted by atomic mass is 10.2. The van der Waals surface area contributed by atoms with E-state index < -0.39 is 14.9 Å². The van der Waals surface area contributed by atoms with Gasteiger partial charge in [-0.25, -0.2) is 8.42 Å². The quantitative estimate of drug-likeness (QED) is 0.433. The summed E-state index contributed by atoms with van der Waals surface area (Å²) in [4.78, 5) is 12.4. The zero-order valence-electron chi connectivity index (χ0n) is 14.6. The van der Waals surface area contributed by atoms with Gasteiger partial charge in [-0.3, -0.25) is 20.9 Å². The number of nitro benzene ring substituents is 1. The van der Waals surface area contributed by atoms with Crippen molar-refractivity contribution in [3.05, 3.63) is 64.2 Å². The van der Waals surface area contributed by atoms with Gasteiger partial charge in [0.1, 0.15) is 4.90 Å². The number of benzene rings is 2. The van der Waals surface area contributed by atoms with Crippen molar-refractivity contribution in [1.82, 2.24) is 9.21 Å². The van der Waals surface area contributed by atoms with Crippen molar-refractivity contribution in [2.75, 3.05) is 31.6 Å². The number of nitrogens with two attached hydrogens (primary N) is 1. The summed E-state index contributed by atoms with van der Waals surface area (Å²) in [6.07, 6.45) is 0.